The third kappa shape index (κ3) is 3.50. The van der Waals surface area contributed by atoms with Gasteiger partial charge in [-0.15, -0.1) is 0 Å². The highest BCUT2D eigenvalue weighted by molar-refractivity contribution is 5.90. The topological polar surface area (TPSA) is 134 Å². The molecular weight excluding hydrogens is 308 g/mol. The second kappa shape index (κ2) is 6.51. The lowest BCUT2D eigenvalue weighted by molar-refractivity contribution is -0.256. The quantitative estimate of drug-likeness (QED) is 0.343. The highest BCUT2D eigenvalue weighted by atomic mass is 16.7. The van der Waals surface area contributed by atoms with Crippen LogP contribution in [0.15, 0.2) is 47.9 Å². The Labute approximate surface area is 130 Å². The summed E-state index contributed by atoms with van der Waals surface area (Å²) in [6.45, 7) is -1.17. The molecule has 0 aromatic heterocycles. The van der Waals surface area contributed by atoms with Crippen molar-refractivity contribution in [3.63, 3.8) is 0 Å². The Kier molecular flexibility index (Phi) is 4.68. The van der Waals surface area contributed by atoms with Gasteiger partial charge >= 0.3 is 11.9 Å². The summed E-state index contributed by atoms with van der Waals surface area (Å²) in [6, 6.07) is 8.72. The lowest BCUT2D eigenvalue weighted by Crippen LogP contribution is -2.50. The maximum absolute atomic E-state index is 11.7. The highest BCUT2D eigenvalue weighted by Crippen LogP contribution is 2.29. The normalized spacial score (nSPS) is 20.4. The van der Waals surface area contributed by atoms with E-state index in [1.807, 2.05) is 0 Å². The number of hydrogen-bond donors (Lipinski definition) is 4. The SMILES string of the molecule is O=C(/C=C/c1ccccc1)O[C@](O)(CO)[C@H]1OC(=O)C(O)=C1O. The number of carbonyl (C=O) groups excluding carboxylic acids is 2. The maximum Gasteiger partial charge on any atom is 0.378 e. The van der Waals surface area contributed by atoms with Crippen LogP contribution in [-0.4, -0.2) is 50.9 Å². The maximum atomic E-state index is 11.7. The first-order chi connectivity index (χ1) is 10.9. The van der Waals surface area contributed by atoms with Gasteiger partial charge in [0.05, 0.1) is 0 Å². The van der Waals surface area contributed by atoms with Gasteiger partial charge in [0, 0.05) is 6.08 Å². The van der Waals surface area contributed by atoms with Crippen LogP contribution in [-0.2, 0) is 19.1 Å². The first kappa shape index (κ1) is 16.5. The zero-order chi connectivity index (χ0) is 17.0. The molecule has 0 amide bonds. The van der Waals surface area contributed by atoms with E-state index < -0.39 is 42.0 Å². The second-order valence-corrected chi connectivity index (χ2v) is 4.69. The molecule has 1 aliphatic heterocycles. The summed E-state index contributed by atoms with van der Waals surface area (Å²) in [5, 5.41) is 38.0. The minimum absolute atomic E-state index is 0.685. The summed E-state index contributed by atoms with van der Waals surface area (Å²) in [5.41, 5.74) is 0.685. The zero-order valence-electron chi connectivity index (χ0n) is 11.7. The van der Waals surface area contributed by atoms with Crippen molar-refractivity contribution in [2.24, 2.45) is 0 Å². The summed E-state index contributed by atoms with van der Waals surface area (Å²) in [4.78, 5) is 22.9. The number of benzene rings is 1. The molecule has 0 radical (unpaired) electrons. The standard InChI is InChI=1S/C15H14O8/c16-8-15(21,13-11(18)12(19)14(20)22-13)23-10(17)7-6-9-4-2-1-3-5-9/h1-7,13,16,18-19,21H,8H2/b7-6+/t13-,15+/m0/s1. The van der Waals surface area contributed by atoms with E-state index in [2.05, 4.69) is 9.47 Å². The van der Waals surface area contributed by atoms with E-state index in [4.69, 9.17) is 0 Å². The fourth-order valence-corrected chi connectivity index (χ4v) is 1.86. The Morgan fingerprint density at radius 2 is 1.96 bits per heavy atom. The molecule has 2 rings (SSSR count). The molecule has 8 heteroatoms. The molecule has 4 N–H and O–H groups in total. The molecule has 1 aliphatic rings. The number of hydrogen-bond acceptors (Lipinski definition) is 8. The van der Waals surface area contributed by atoms with E-state index in [9.17, 15) is 30.0 Å². The monoisotopic (exact) mass is 322 g/mol. The lowest BCUT2D eigenvalue weighted by Gasteiger charge is -2.29. The Morgan fingerprint density at radius 3 is 2.48 bits per heavy atom. The van der Waals surface area contributed by atoms with E-state index in [1.54, 1.807) is 30.3 Å². The van der Waals surface area contributed by atoms with Gasteiger partial charge in [0.2, 0.25) is 11.9 Å². The molecule has 0 aliphatic carbocycles. The highest BCUT2D eigenvalue weighted by Gasteiger charge is 2.51. The molecule has 0 bridgehead atoms. The fraction of sp³-hybridized carbons (Fsp3) is 0.200. The number of aliphatic hydroxyl groups excluding tert-OH is 3. The van der Waals surface area contributed by atoms with Crippen LogP contribution < -0.4 is 0 Å². The molecule has 0 unspecified atom stereocenters. The van der Waals surface area contributed by atoms with Gasteiger partial charge < -0.3 is 29.9 Å². The fourth-order valence-electron chi connectivity index (χ4n) is 1.86. The van der Waals surface area contributed by atoms with Crippen LogP contribution in [0.4, 0.5) is 0 Å². The first-order valence-corrected chi connectivity index (χ1v) is 6.50. The molecule has 0 saturated carbocycles. The third-order valence-corrected chi connectivity index (χ3v) is 3.03. The molecule has 0 saturated heterocycles. The van der Waals surface area contributed by atoms with Crippen LogP contribution >= 0.6 is 0 Å². The summed E-state index contributed by atoms with van der Waals surface area (Å²) >= 11 is 0. The van der Waals surface area contributed by atoms with E-state index in [0.717, 1.165) is 6.08 Å². The molecule has 1 aromatic rings. The number of carbonyl (C=O) groups is 2. The summed E-state index contributed by atoms with van der Waals surface area (Å²) in [6.07, 6.45) is 0.454. The minimum atomic E-state index is -2.73. The van der Waals surface area contributed by atoms with Gasteiger partial charge in [-0.05, 0) is 11.6 Å². The van der Waals surface area contributed by atoms with Crippen molar-refractivity contribution in [1.29, 1.82) is 0 Å². The van der Waals surface area contributed by atoms with E-state index in [0.29, 0.717) is 5.56 Å². The van der Waals surface area contributed by atoms with Crippen LogP contribution in [0, 0.1) is 0 Å². The van der Waals surface area contributed by atoms with Crippen LogP contribution in [0.1, 0.15) is 5.56 Å². The summed E-state index contributed by atoms with van der Waals surface area (Å²) in [7, 11) is 0. The largest absolute Gasteiger partial charge is 0.505 e. The average molecular weight is 322 g/mol. The van der Waals surface area contributed by atoms with Crippen molar-refractivity contribution >= 4 is 18.0 Å². The van der Waals surface area contributed by atoms with Crippen molar-refractivity contribution < 1.29 is 39.5 Å². The van der Waals surface area contributed by atoms with Crippen molar-refractivity contribution in [3.8, 4) is 0 Å². The van der Waals surface area contributed by atoms with Crippen LogP contribution in [0.2, 0.25) is 0 Å². The average Bonchev–Trinajstić information content (AvgIpc) is 2.82. The van der Waals surface area contributed by atoms with E-state index in [-0.39, 0.29) is 0 Å². The Balaban J connectivity index is 2.11. The predicted octanol–water partition coefficient (Wildman–Crippen LogP) is 0.177. The van der Waals surface area contributed by atoms with Gasteiger partial charge in [0.25, 0.3) is 5.79 Å². The Bertz CT molecular complexity index is 663. The van der Waals surface area contributed by atoms with Crippen LogP contribution in [0.25, 0.3) is 6.08 Å². The van der Waals surface area contributed by atoms with Crippen LogP contribution in [0.5, 0.6) is 0 Å². The third-order valence-electron chi connectivity index (χ3n) is 3.03. The van der Waals surface area contributed by atoms with Crippen molar-refractivity contribution in [2.75, 3.05) is 6.61 Å². The van der Waals surface area contributed by atoms with E-state index >= 15 is 0 Å². The second-order valence-electron chi connectivity index (χ2n) is 4.69. The minimum Gasteiger partial charge on any atom is -0.505 e. The molecule has 0 spiro atoms. The van der Waals surface area contributed by atoms with Crippen molar-refractivity contribution in [2.45, 2.75) is 11.9 Å². The molecule has 0 fully saturated rings. The number of rotatable bonds is 5. The molecule has 2 atom stereocenters. The number of aliphatic hydroxyl groups is 4. The van der Waals surface area contributed by atoms with Gasteiger partial charge in [-0.25, -0.2) is 9.59 Å². The molecule has 8 nitrogen and oxygen atoms in total. The molecule has 1 aromatic carbocycles. The summed E-state index contributed by atoms with van der Waals surface area (Å²) < 4.78 is 9.14. The van der Waals surface area contributed by atoms with Crippen molar-refractivity contribution in [1.82, 2.24) is 0 Å². The number of esters is 2. The smallest absolute Gasteiger partial charge is 0.378 e. The predicted molar refractivity (Wildman–Crippen MR) is 75.8 cm³/mol. The van der Waals surface area contributed by atoms with Gasteiger partial charge in [-0.2, -0.15) is 0 Å². The van der Waals surface area contributed by atoms with Gasteiger partial charge in [0.1, 0.15) is 6.61 Å². The molecular formula is C15H14O8. The lowest BCUT2D eigenvalue weighted by atomic mass is 10.1. The molecule has 122 valence electrons. The van der Waals surface area contributed by atoms with Crippen molar-refractivity contribution in [3.05, 3.63) is 53.5 Å². The Morgan fingerprint density at radius 1 is 1.30 bits per heavy atom. The van der Waals surface area contributed by atoms with Gasteiger partial charge in [-0.1, -0.05) is 30.3 Å². The number of ether oxygens (including phenoxy) is 2. The Hall–Kier alpha value is -2.84. The summed E-state index contributed by atoms with van der Waals surface area (Å²) in [5.74, 6) is -7.26. The van der Waals surface area contributed by atoms with E-state index in [1.165, 1.54) is 6.08 Å². The zero-order valence-corrected chi connectivity index (χ0v) is 11.7. The number of cyclic esters (lactones) is 1. The van der Waals surface area contributed by atoms with Gasteiger partial charge in [-0.3, -0.25) is 0 Å². The van der Waals surface area contributed by atoms with Gasteiger partial charge in [0.15, 0.2) is 5.76 Å². The van der Waals surface area contributed by atoms with Crippen LogP contribution in [0.3, 0.4) is 0 Å². The molecule has 23 heavy (non-hydrogen) atoms. The molecule has 1 heterocycles. The first-order valence-electron chi connectivity index (χ1n) is 6.50.